The van der Waals surface area contributed by atoms with Gasteiger partial charge < -0.3 is 5.32 Å². The van der Waals surface area contributed by atoms with Crippen LogP contribution in [0.3, 0.4) is 0 Å². The van der Waals surface area contributed by atoms with Crippen molar-refractivity contribution in [3.63, 3.8) is 0 Å². The van der Waals surface area contributed by atoms with Gasteiger partial charge in [-0.3, -0.25) is 4.79 Å². The van der Waals surface area contributed by atoms with Crippen molar-refractivity contribution in [2.75, 3.05) is 5.32 Å². The Morgan fingerprint density at radius 3 is 2.74 bits per heavy atom. The molecule has 0 amide bonds. The number of hydrogen-bond acceptors (Lipinski definition) is 2. The summed E-state index contributed by atoms with van der Waals surface area (Å²) in [5.74, 6) is 2.54. The fraction of sp³-hybridized carbons (Fsp3) is 0.480. The summed E-state index contributed by atoms with van der Waals surface area (Å²) in [6.07, 6.45) is 6.64. The van der Waals surface area contributed by atoms with Crippen molar-refractivity contribution in [3.05, 3.63) is 65.2 Å². The molecule has 2 heteroatoms. The summed E-state index contributed by atoms with van der Waals surface area (Å²) in [5.41, 5.74) is 5.62. The number of Topliss-reactive ketones (excluding diaryl/α,β-unsaturated/α-hetero) is 1. The highest BCUT2D eigenvalue weighted by Gasteiger charge is 2.54. The molecule has 1 N–H and O–H groups in total. The molecule has 2 fully saturated rings. The number of hydrogen-bond donors (Lipinski definition) is 1. The Kier molecular flexibility index (Phi) is 4.11. The molecule has 0 saturated heterocycles. The standard InChI is InChI=1S/C25H29NO/c1-25-14-13-21-20-10-8-19(26-16-17-5-3-2-4-6-17)15-18(20)7-9-22(21)23(25)11-12-24(25)27/h2-6,8,10,15,21-23,26H,7,9,11-14,16H2,1H3/t21-,22-,23+,25+/m1/s1. The van der Waals surface area contributed by atoms with Crippen LogP contribution in [0.1, 0.15) is 61.6 Å². The van der Waals surface area contributed by atoms with Crippen LogP contribution in [0.5, 0.6) is 0 Å². The van der Waals surface area contributed by atoms with E-state index in [0.717, 1.165) is 32.2 Å². The van der Waals surface area contributed by atoms with E-state index >= 15 is 0 Å². The van der Waals surface area contributed by atoms with Crippen LogP contribution < -0.4 is 5.32 Å². The third kappa shape index (κ3) is 2.81. The van der Waals surface area contributed by atoms with Crippen LogP contribution in [-0.2, 0) is 17.8 Å². The average Bonchev–Trinajstić information content (AvgIpc) is 3.01. The van der Waals surface area contributed by atoms with E-state index < -0.39 is 0 Å². The van der Waals surface area contributed by atoms with E-state index in [-0.39, 0.29) is 5.41 Å². The Morgan fingerprint density at radius 1 is 1.04 bits per heavy atom. The average molecular weight is 360 g/mol. The summed E-state index contributed by atoms with van der Waals surface area (Å²) in [5, 5.41) is 3.59. The maximum Gasteiger partial charge on any atom is 0.139 e. The molecule has 2 nitrogen and oxygen atoms in total. The molecule has 0 unspecified atom stereocenters. The van der Waals surface area contributed by atoms with Crippen molar-refractivity contribution in [1.82, 2.24) is 0 Å². The van der Waals surface area contributed by atoms with Crippen LogP contribution in [0.15, 0.2) is 48.5 Å². The molecule has 2 saturated carbocycles. The Morgan fingerprint density at radius 2 is 1.89 bits per heavy atom. The van der Waals surface area contributed by atoms with Gasteiger partial charge in [-0.1, -0.05) is 43.3 Å². The number of rotatable bonds is 3. The molecule has 0 bridgehead atoms. The van der Waals surface area contributed by atoms with Crippen LogP contribution in [0.25, 0.3) is 0 Å². The summed E-state index contributed by atoms with van der Waals surface area (Å²) < 4.78 is 0. The van der Waals surface area contributed by atoms with Gasteiger partial charge in [0.2, 0.25) is 0 Å². The second kappa shape index (κ2) is 6.51. The van der Waals surface area contributed by atoms with E-state index in [9.17, 15) is 4.79 Å². The predicted molar refractivity (Wildman–Crippen MR) is 110 cm³/mol. The molecule has 4 atom stereocenters. The van der Waals surface area contributed by atoms with Gasteiger partial charge >= 0.3 is 0 Å². The van der Waals surface area contributed by atoms with Gasteiger partial charge in [-0.05, 0) is 78.7 Å². The van der Waals surface area contributed by atoms with E-state index in [4.69, 9.17) is 0 Å². The van der Waals surface area contributed by atoms with E-state index in [1.165, 1.54) is 29.7 Å². The molecule has 0 spiro atoms. The van der Waals surface area contributed by atoms with Crippen LogP contribution >= 0.6 is 0 Å². The molecule has 0 aromatic heterocycles. The molecule has 5 rings (SSSR count). The fourth-order valence-electron chi connectivity index (χ4n) is 6.26. The van der Waals surface area contributed by atoms with Gasteiger partial charge in [0.25, 0.3) is 0 Å². The second-order valence-electron chi connectivity index (χ2n) is 9.09. The van der Waals surface area contributed by atoms with Crippen molar-refractivity contribution in [3.8, 4) is 0 Å². The number of aryl methyl sites for hydroxylation is 1. The Balaban J connectivity index is 1.35. The smallest absolute Gasteiger partial charge is 0.139 e. The normalized spacial score (nSPS) is 31.7. The Labute approximate surface area is 162 Å². The summed E-state index contributed by atoms with van der Waals surface area (Å²) >= 11 is 0. The summed E-state index contributed by atoms with van der Waals surface area (Å²) in [7, 11) is 0. The van der Waals surface area contributed by atoms with E-state index in [0.29, 0.717) is 23.5 Å². The number of carbonyl (C=O) groups excluding carboxylic acids is 1. The number of benzene rings is 2. The van der Waals surface area contributed by atoms with E-state index in [2.05, 4.69) is 60.8 Å². The highest BCUT2D eigenvalue weighted by Crippen LogP contribution is 2.59. The third-order valence-corrected chi connectivity index (χ3v) is 7.78. The lowest BCUT2D eigenvalue weighted by Crippen LogP contribution is -2.42. The first-order valence-corrected chi connectivity index (χ1v) is 10.6. The maximum atomic E-state index is 12.5. The first-order valence-electron chi connectivity index (χ1n) is 10.6. The highest BCUT2D eigenvalue weighted by atomic mass is 16.1. The molecular weight excluding hydrogens is 330 g/mol. The van der Waals surface area contributed by atoms with E-state index in [1.807, 2.05) is 0 Å². The van der Waals surface area contributed by atoms with Gasteiger partial charge in [0, 0.05) is 24.1 Å². The molecule has 0 radical (unpaired) electrons. The predicted octanol–water partition coefficient (Wildman–Crippen LogP) is 5.72. The fourth-order valence-corrected chi connectivity index (χ4v) is 6.26. The SMILES string of the molecule is C[C@]12CC[C@@H]3c4ccc(NCc5ccccc5)cc4CC[C@H]3[C@@H]1CCC2=O. The minimum Gasteiger partial charge on any atom is -0.381 e. The van der Waals surface area contributed by atoms with Gasteiger partial charge in [0.05, 0.1) is 0 Å². The maximum absolute atomic E-state index is 12.5. The van der Waals surface area contributed by atoms with E-state index in [1.54, 1.807) is 5.56 Å². The first-order chi connectivity index (χ1) is 13.1. The molecule has 3 aliphatic rings. The Hall–Kier alpha value is -2.09. The van der Waals surface area contributed by atoms with Crippen LogP contribution in [0, 0.1) is 17.3 Å². The minimum atomic E-state index is -0.0180. The molecule has 3 aliphatic carbocycles. The molecular formula is C25H29NO. The number of nitrogens with one attached hydrogen (secondary N) is 1. The largest absolute Gasteiger partial charge is 0.381 e. The number of carbonyl (C=O) groups is 1. The monoisotopic (exact) mass is 359 g/mol. The zero-order valence-electron chi connectivity index (χ0n) is 16.2. The van der Waals surface area contributed by atoms with Crippen molar-refractivity contribution >= 4 is 11.5 Å². The summed E-state index contributed by atoms with van der Waals surface area (Å²) in [6, 6.07) is 17.6. The topological polar surface area (TPSA) is 29.1 Å². The minimum absolute atomic E-state index is 0.0180. The van der Waals surface area contributed by atoms with Gasteiger partial charge in [-0.25, -0.2) is 0 Å². The summed E-state index contributed by atoms with van der Waals surface area (Å²) in [4.78, 5) is 12.5. The molecule has 2 aromatic rings. The highest BCUT2D eigenvalue weighted by molar-refractivity contribution is 5.87. The number of fused-ring (bicyclic) bond motifs is 5. The van der Waals surface area contributed by atoms with Gasteiger partial charge in [0.1, 0.15) is 5.78 Å². The van der Waals surface area contributed by atoms with Crippen LogP contribution in [-0.4, -0.2) is 5.78 Å². The zero-order chi connectivity index (χ0) is 18.4. The lowest BCUT2D eigenvalue weighted by molar-refractivity contribution is -0.129. The van der Waals surface area contributed by atoms with Crippen molar-refractivity contribution in [2.24, 2.45) is 17.3 Å². The Bertz CT molecular complexity index is 858. The second-order valence-corrected chi connectivity index (χ2v) is 9.09. The van der Waals surface area contributed by atoms with Crippen LogP contribution in [0.2, 0.25) is 0 Å². The molecule has 2 aromatic carbocycles. The van der Waals surface area contributed by atoms with Crippen LogP contribution in [0.4, 0.5) is 5.69 Å². The first kappa shape index (κ1) is 17.0. The molecule has 27 heavy (non-hydrogen) atoms. The summed E-state index contributed by atoms with van der Waals surface area (Å²) in [6.45, 7) is 3.13. The zero-order valence-corrected chi connectivity index (χ0v) is 16.2. The molecule has 0 heterocycles. The van der Waals surface area contributed by atoms with Gasteiger partial charge in [0.15, 0.2) is 0 Å². The number of anilines is 1. The lowest BCUT2D eigenvalue weighted by atomic mass is 9.55. The van der Waals surface area contributed by atoms with Gasteiger partial charge in [-0.15, -0.1) is 0 Å². The third-order valence-electron chi connectivity index (χ3n) is 7.78. The lowest BCUT2D eigenvalue weighted by Gasteiger charge is -2.48. The number of ketones is 1. The molecule has 0 aliphatic heterocycles. The van der Waals surface area contributed by atoms with Crippen molar-refractivity contribution in [1.29, 1.82) is 0 Å². The quantitative estimate of drug-likeness (QED) is 0.759. The van der Waals surface area contributed by atoms with Crippen molar-refractivity contribution in [2.45, 2.75) is 57.9 Å². The van der Waals surface area contributed by atoms with Gasteiger partial charge in [-0.2, -0.15) is 0 Å². The van der Waals surface area contributed by atoms with Crippen molar-refractivity contribution < 1.29 is 4.79 Å². The molecule has 140 valence electrons.